The van der Waals surface area contributed by atoms with Crippen LogP contribution >= 0.6 is 0 Å². The largest absolute Gasteiger partial charge is 0.494 e. The molecule has 6 nitrogen and oxygen atoms in total. The van der Waals surface area contributed by atoms with Gasteiger partial charge in [-0.25, -0.2) is 0 Å². The number of hydrogen-bond acceptors (Lipinski definition) is 4. The minimum atomic E-state index is -0.145. The Balaban J connectivity index is 1.70. The third kappa shape index (κ3) is 11.4. The summed E-state index contributed by atoms with van der Waals surface area (Å²) >= 11 is 0. The highest BCUT2D eigenvalue weighted by atomic mass is 16.5. The molecule has 0 saturated carbocycles. The number of ether oxygens (including phenoxy) is 1. The lowest BCUT2D eigenvalue weighted by molar-refractivity contribution is -0.116. The first kappa shape index (κ1) is 26.2. The maximum absolute atomic E-state index is 12.3. The van der Waals surface area contributed by atoms with Gasteiger partial charge in [0.25, 0.3) is 0 Å². The molecule has 0 aliphatic carbocycles. The second kappa shape index (κ2) is 15.7. The van der Waals surface area contributed by atoms with E-state index in [2.05, 4.69) is 29.8 Å². The highest BCUT2D eigenvalue weighted by molar-refractivity contribution is 5.94. The van der Waals surface area contributed by atoms with Gasteiger partial charge in [0.1, 0.15) is 5.75 Å². The summed E-state index contributed by atoms with van der Waals surface area (Å²) in [6.45, 7) is 5.17. The van der Waals surface area contributed by atoms with Gasteiger partial charge in [0.2, 0.25) is 11.8 Å². The van der Waals surface area contributed by atoms with E-state index in [1.165, 1.54) is 25.7 Å². The summed E-state index contributed by atoms with van der Waals surface area (Å²) in [5, 5.41) is 8.89. The molecule has 0 atom stereocenters. The first-order chi connectivity index (χ1) is 16.1. The van der Waals surface area contributed by atoms with E-state index >= 15 is 0 Å². The minimum absolute atomic E-state index is 0.0160. The van der Waals surface area contributed by atoms with Gasteiger partial charge >= 0.3 is 0 Å². The molecule has 3 N–H and O–H groups in total. The van der Waals surface area contributed by atoms with Crippen molar-refractivity contribution in [3.63, 3.8) is 0 Å². The first-order valence-corrected chi connectivity index (χ1v) is 12.3. The lowest BCUT2D eigenvalue weighted by Gasteiger charge is -2.11. The van der Waals surface area contributed by atoms with Crippen LogP contribution in [0.5, 0.6) is 5.75 Å². The number of carbonyl (C=O) groups excluding carboxylic acids is 2. The predicted octanol–water partition coefficient (Wildman–Crippen LogP) is 6.61. The van der Waals surface area contributed by atoms with Crippen LogP contribution in [0.2, 0.25) is 0 Å². The number of hydrogen-bond donors (Lipinski definition) is 3. The van der Waals surface area contributed by atoms with Crippen LogP contribution in [0.25, 0.3) is 0 Å². The molecule has 2 amide bonds. The topological polar surface area (TPSA) is 79.5 Å². The predicted molar refractivity (Wildman–Crippen MR) is 137 cm³/mol. The third-order valence-corrected chi connectivity index (χ3v) is 5.26. The standard InChI is InChI=1S/C27H39N3O3/c1-3-5-7-8-10-19-33-25-17-15-22(16-18-25)29-27(32)21-28-23-12-11-13-24(20-23)30-26(31)14-9-6-4-2/h11-13,15-18,20,28H,3-10,14,19,21H2,1-2H3,(H,29,32)(H,30,31). The summed E-state index contributed by atoms with van der Waals surface area (Å²) in [6.07, 6.45) is 9.61. The van der Waals surface area contributed by atoms with Gasteiger partial charge < -0.3 is 20.7 Å². The molecule has 2 aromatic carbocycles. The van der Waals surface area contributed by atoms with Crippen LogP contribution in [-0.4, -0.2) is 25.0 Å². The molecule has 2 aromatic rings. The van der Waals surface area contributed by atoms with Crippen molar-refractivity contribution in [2.75, 3.05) is 29.1 Å². The molecule has 0 radical (unpaired) electrons. The molecule has 0 fully saturated rings. The number of amides is 2. The highest BCUT2D eigenvalue weighted by Crippen LogP contribution is 2.18. The van der Waals surface area contributed by atoms with Crippen molar-refractivity contribution in [2.45, 2.75) is 71.6 Å². The third-order valence-electron chi connectivity index (χ3n) is 5.26. The van der Waals surface area contributed by atoms with Crippen molar-refractivity contribution >= 4 is 28.9 Å². The van der Waals surface area contributed by atoms with Gasteiger partial charge in [0.05, 0.1) is 13.2 Å². The second-order valence-corrected chi connectivity index (χ2v) is 8.27. The summed E-state index contributed by atoms with van der Waals surface area (Å²) < 4.78 is 5.76. The summed E-state index contributed by atoms with van der Waals surface area (Å²) in [6, 6.07) is 14.8. The number of rotatable bonds is 16. The fourth-order valence-electron chi connectivity index (χ4n) is 3.38. The van der Waals surface area contributed by atoms with Gasteiger partial charge in [-0.1, -0.05) is 58.4 Å². The van der Waals surface area contributed by atoms with Crippen LogP contribution in [0.4, 0.5) is 17.1 Å². The van der Waals surface area contributed by atoms with Crippen LogP contribution in [-0.2, 0) is 9.59 Å². The lowest BCUT2D eigenvalue weighted by Crippen LogP contribution is -2.21. The molecule has 180 valence electrons. The van der Waals surface area contributed by atoms with Gasteiger partial charge in [0.15, 0.2) is 0 Å². The van der Waals surface area contributed by atoms with Crippen molar-refractivity contribution in [1.82, 2.24) is 0 Å². The molecule has 0 aromatic heterocycles. The van der Waals surface area contributed by atoms with Crippen LogP contribution in [0.1, 0.15) is 71.6 Å². The molecule has 0 spiro atoms. The molecule has 0 bridgehead atoms. The van der Waals surface area contributed by atoms with Crippen molar-refractivity contribution in [2.24, 2.45) is 0 Å². The van der Waals surface area contributed by atoms with Gasteiger partial charge in [-0.3, -0.25) is 9.59 Å². The zero-order valence-corrected chi connectivity index (χ0v) is 20.1. The Morgan fingerprint density at radius 3 is 2.15 bits per heavy atom. The van der Waals surface area contributed by atoms with Gasteiger partial charge in [-0.15, -0.1) is 0 Å². The first-order valence-electron chi connectivity index (χ1n) is 12.3. The summed E-state index contributed by atoms with van der Waals surface area (Å²) in [5.41, 5.74) is 2.23. The highest BCUT2D eigenvalue weighted by Gasteiger charge is 2.05. The maximum Gasteiger partial charge on any atom is 0.243 e. The number of carbonyl (C=O) groups is 2. The summed E-state index contributed by atoms with van der Waals surface area (Å²) in [4.78, 5) is 24.3. The molecular weight excluding hydrogens is 414 g/mol. The Bertz CT molecular complexity index is 837. The molecule has 0 saturated heterocycles. The molecule has 33 heavy (non-hydrogen) atoms. The Hall–Kier alpha value is -3.02. The Morgan fingerprint density at radius 2 is 1.39 bits per heavy atom. The van der Waals surface area contributed by atoms with Gasteiger partial charge in [0, 0.05) is 23.5 Å². The Morgan fingerprint density at radius 1 is 0.727 bits per heavy atom. The molecule has 0 unspecified atom stereocenters. The normalized spacial score (nSPS) is 10.5. The monoisotopic (exact) mass is 453 g/mol. The van der Waals surface area contributed by atoms with Crippen LogP contribution in [0.15, 0.2) is 48.5 Å². The molecular formula is C27H39N3O3. The van der Waals surface area contributed by atoms with Gasteiger partial charge in [-0.2, -0.15) is 0 Å². The average Bonchev–Trinajstić information content (AvgIpc) is 2.81. The van der Waals surface area contributed by atoms with E-state index in [1.807, 2.05) is 48.5 Å². The van der Waals surface area contributed by atoms with Crippen LogP contribution in [0.3, 0.4) is 0 Å². The van der Waals surface area contributed by atoms with E-state index in [0.717, 1.165) is 55.1 Å². The van der Waals surface area contributed by atoms with Crippen LogP contribution < -0.4 is 20.7 Å². The number of nitrogens with one attached hydrogen (secondary N) is 3. The minimum Gasteiger partial charge on any atom is -0.494 e. The van der Waals surface area contributed by atoms with Crippen molar-refractivity contribution < 1.29 is 14.3 Å². The Kier molecular flexibility index (Phi) is 12.5. The van der Waals surface area contributed by atoms with E-state index in [4.69, 9.17) is 4.74 Å². The van der Waals surface area contributed by atoms with Gasteiger partial charge in [-0.05, 0) is 55.3 Å². The summed E-state index contributed by atoms with van der Waals surface area (Å²) in [5.74, 6) is 0.686. The maximum atomic E-state index is 12.3. The zero-order chi connectivity index (χ0) is 23.7. The van der Waals surface area contributed by atoms with E-state index in [0.29, 0.717) is 6.42 Å². The molecule has 0 heterocycles. The fraction of sp³-hybridized carbons (Fsp3) is 0.481. The fourth-order valence-corrected chi connectivity index (χ4v) is 3.38. The molecule has 2 rings (SSSR count). The van der Waals surface area contributed by atoms with Crippen LogP contribution in [0, 0.1) is 0 Å². The van der Waals surface area contributed by atoms with E-state index < -0.39 is 0 Å². The summed E-state index contributed by atoms with van der Waals surface area (Å²) in [7, 11) is 0. The SMILES string of the molecule is CCCCCCCOc1ccc(NC(=O)CNc2cccc(NC(=O)CCCCC)c2)cc1. The average molecular weight is 454 g/mol. The van der Waals surface area contributed by atoms with E-state index in [9.17, 15) is 9.59 Å². The number of unbranched alkanes of at least 4 members (excludes halogenated alkanes) is 6. The molecule has 0 aliphatic heterocycles. The second-order valence-electron chi connectivity index (χ2n) is 8.27. The number of benzene rings is 2. The smallest absolute Gasteiger partial charge is 0.243 e. The zero-order valence-electron chi connectivity index (χ0n) is 20.1. The molecule has 6 heteroatoms. The quantitative estimate of drug-likeness (QED) is 0.250. The Labute approximate surface area is 198 Å². The van der Waals surface area contributed by atoms with Crippen molar-refractivity contribution in [3.8, 4) is 5.75 Å². The van der Waals surface area contributed by atoms with Crippen molar-refractivity contribution in [3.05, 3.63) is 48.5 Å². The molecule has 0 aliphatic rings. The van der Waals surface area contributed by atoms with Crippen molar-refractivity contribution in [1.29, 1.82) is 0 Å². The van der Waals surface area contributed by atoms with E-state index in [1.54, 1.807) is 0 Å². The lowest BCUT2D eigenvalue weighted by atomic mass is 10.2. The number of anilines is 3. The van der Waals surface area contributed by atoms with E-state index in [-0.39, 0.29) is 18.4 Å².